The van der Waals surface area contributed by atoms with Crippen molar-refractivity contribution in [1.82, 2.24) is 16.0 Å². The summed E-state index contributed by atoms with van der Waals surface area (Å²) in [6, 6.07) is -0.0404. The summed E-state index contributed by atoms with van der Waals surface area (Å²) in [4.78, 5) is 24.9. The average molecular weight is 591 g/mol. The molecule has 0 bridgehead atoms. The van der Waals surface area contributed by atoms with Crippen molar-refractivity contribution < 1.29 is 19.4 Å². The Bertz CT molecular complexity index is 916. The number of nitrogens with one attached hydrogen (secondary N) is 3. The molecular formula is C34H62N4O4. The molecule has 4 aliphatic rings. The lowest BCUT2D eigenvalue weighted by Crippen LogP contribution is -2.59. The quantitative estimate of drug-likeness (QED) is 0.163. The third-order valence-corrected chi connectivity index (χ3v) is 12.8. The van der Waals surface area contributed by atoms with Gasteiger partial charge in [0.1, 0.15) is 6.04 Å². The van der Waals surface area contributed by atoms with Crippen LogP contribution in [0.15, 0.2) is 0 Å². The van der Waals surface area contributed by atoms with Gasteiger partial charge in [-0.05, 0) is 110 Å². The van der Waals surface area contributed by atoms with E-state index in [9.17, 15) is 14.7 Å². The minimum atomic E-state index is -0.594. The second-order valence-corrected chi connectivity index (χ2v) is 15.3. The number of ether oxygens (including phenoxy) is 1. The maximum atomic E-state index is 12.8. The van der Waals surface area contributed by atoms with Gasteiger partial charge in [-0.3, -0.25) is 4.79 Å². The summed E-state index contributed by atoms with van der Waals surface area (Å²) >= 11 is 0. The first kappa shape index (κ1) is 33.7. The molecule has 8 heteroatoms. The second kappa shape index (κ2) is 14.3. The first-order valence-electron chi connectivity index (χ1n) is 17.2. The molecule has 0 aromatic heterocycles. The van der Waals surface area contributed by atoms with Gasteiger partial charge in [0.05, 0.1) is 13.2 Å². The van der Waals surface area contributed by atoms with Crippen molar-refractivity contribution in [2.24, 2.45) is 58.0 Å². The molecule has 4 saturated carbocycles. The van der Waals surface area contributed by atoms with Crippen molar-refractivity contribution in [3.05, 3.63) is 0 Å². The minimum absolute atomic E-state index is 0.0121. The number of esters is 1. The monoisotopic (exact) mass is 590 g/mol. The van der Waals surface area contributed by atoms with E-state index in [1.807, 2.05) is 13.8 Å². The maximum Gasteiger partial charge on any atom is 0.328 e. The molecule has 4 fully saturated rings. The van der Waals surface area contributed by atoms with Crippen LogP contribution in [-0.4, -0.2) is 68.5 Å². The molecule has 1 amide bonds. The molecule has 11 atom stereocenters. The molecule has 4 rings (SSSR count). The predicted octanol–water partition coefficient (Wildman–Crippen LogP) is 3.85. The lowest BCUT2D eigenvalue weighted by Gasteiger charge is -2.62. The summed E-state index contributed by atoms with van der Waals surface area (Å²) < 4.78 is 4.90. The average Bonchev–Trinajstić information content (AvgIpc) is 3.31. The Morgan fingerprint density at radius 3 is 2.38 bits per heavy atom. The fourth-order valence-corrected chi connectivity index (χ4v) is 10.4. The van der Waals surface area contributed by atoms with Crippen molar-refractivity contribution in [2.45, 2.75) is 117 Å². The Hall–Kier alpha value is -1.22. The number of carbonyl (C=O) groups is 2. The zero-order valence-corrected chi connectivity index (χ0v) is 27.4. The van der Waals surface area contributed by atoms with Gasteiger partial charge in [0.25, 0.3) is 0 Å². The van der Waals surface area contributed by atoms with E-state index >= 15 is 0 Å². The zero-order valence-electron chi connectivity index (χ0n) is 27.4. The van der Waals surface area contributed by atoms with Crippen LogP contribution < -0.4 is 21.7 Å². The van der Waals surface area contributed by atoms with E-state index in [0.717, 1.165) is 32.5 Å². The third-order valence-electron chi connectivity index (χ3n) is 12.8. The smallest absolute Gasteiger partial charge is 0.328 e. The van der Waals surface area contributed by atoms with Gasteiger partial charge < -0.3 is 31.5 Å². The SMILES string of the molecule is COC(=O)[C@@H](NC(=O)CC[C@@H](C)[C@H]1CC[C@H]2[C@@H]3[C@H](O)C[C@@H]4C[C@@H](NCCNCCN)CC[C@]4(C)[C@H]3CC[C@]12C)C(C)C. The second-order valence-electron chi connectivity index (χ2n) is 15.3. The molecule has 0 heterocycles. The molecule has 242 valence electrons. The topological polar surface area (TPSA) is 126 Å². The van der Waals surface area contributed by atoms with Crippen LogP contribution >= 0.6 is 0 Å². The van der Waals surface area contributed by atoms with Gasteiger partial charge in [-0.1, -0.05) is 34.6 Å². The number of hydrogen-bond acceptors (Lipinski definition) is 7. The van der Waals surface area contributed by atoms with Crippen molar-refractivity contribution in [3.63, 3.8) is 0 Å². The van der Waals surface area contributed by atoms with Gasteiger partial charge in [-0.25, -0.2) is 4.79 Å². The van der Waals surface area contributed by atoms with Gasteiger partial charge >= 0.3 is 5.97 Å². The van der Waals surface area contributed by atoms with E-state index in [4.69, 9.17) is 10.5 Å². The number of methoxy groups -OCH3 is 1. The van der Waals surface area contributed by atoms with Crippen LogP contribution in [0, 0.1) is 52.3 Å². The maximum absolute atomic E-state index is 12.8. The number of amides is 1. The van der Waals surface area contributed by atoms with Crippen molar-refractivity contribution in [1.29, 1.82) is 0 Å². The lowest BCUT2D eigenvalue weighted by atomic mass is 9.43. The van der Waals surface area contributed by atoms with Crippen LogP contribution in [-0.2, 0) is 14.3 Å². The number of aliphatic hydroxyl groups is 1. The first-order chi connectivity index (χ1) is 20.0. The van der Waals surface area contributed by atoms with Crippen LogP contribution in [0.4, 0.5) is 0 Å². The third kappa shape index (κ3) is 6.87. The van der Waals surface area contributed by atoms with Crippen LogP contribution in [0.5, 0.6) is 0 Å². The Balaban J connectivity index is 1.34. The molecular weight excluding hydrogens is 528 g/mol. The van der Waals surface area contributed by atoms with Crippen molar-refractivity contribution in [3.8, 4) is 0 Å². The highest BCUT2D eigenvalue weighted by atomic mass is 16.5. The van der Waals surface area contributed by atoms with Gasteiger partial charge in [0, 0.05) is 38.6 Å². The molecule has 0 saturated heterocycles. The standard InChI is InChI=1S/C34H62N4O4/c1-21(2)31(32(41)42-6)38-29(40)10-7-22(3)25-8-9-26-30-27(12-14-34(25,26)5)33(4)13-11-24(19-23(33)20-28(30)39)37-18-17-36-16-15-35/h21-28,30-31,36-37,39H,7-20,35H2,1-6H3,(H,38,40)/t22-,23+,24+,25-,26+,27+,28-,30+,31+,33+,34-/m1/s1. The van der Waals surface area contributed by atoms with E-state index in [-0.39, 0.29) is 29.3 Å². The predicted molar refractivity (Wildman–Crippen MR) is 168 cm³/mol. The van der Waals surface area contributed by atoms with E-state index in [0.29, 0.717) is 59.9 Å². The summed E-state index contributed by atoms with van der Waals surface area (Å²) in [5, 5.41) is 21.8. The molecule has 0 unspecified atom stereocenters. The Morgan fingerprint density at radius 2 is 1.69 bits per heavy atom. The Labute approximate surface area is 255 Å². The first-order valence-corrected chi connectivity index (χ1v) is 17.2. The summed E-state index contributed by atoms with van der Waals surface area (Å²) in [6.07, 6.45) is 10.6. The molecule has 8 nitrogen and oxygen atoms in total. The highest BCUT2D eigenvalue weighted by molar-refractivity contribution is 5.84. The molecule has 4 aliphatic carbocycles. The minimum Gasteiger partial charge on any atom is -0.467 e. The number of nitrogens with two attached hydrogens (primary N) is 1. The van der Waals surface area contributed by atoms with Crippen molar-refractivity contribution >= 4 is 11.9 Å². The highest BCUT2D eigenvalue weighted by Gasteiger charge is 2.62. The largest absolute Gasteiger partial charge is 0.467 e. The van der Waals surface area contributed by atoms with E-state index in [2.05, 4.69) is 36.7 Å². The normalized spacial score (nSPS) is 39.1. The lowest BCUT2D eigenvalue weighted by molar-refractivity contribution is -0.167. The fourth-order valence-electron chi connectivity index (χ4n) is 10.4. The zero-order chi connectivity index (χ0) is 30.7. The molecule has 6 N–H and O–H groups in total. The highest BCUT2D eigenvalue weighted by Crippen LogP contribution is 2.68. The number of aliphatic hydroxyl groups excluding tert-OH is 1. The number of fused-ring (bicyclic) bond motifs is 5. The molecule has 0 spiro atoms. The van der Waals surface area contributed by atoms with Gasteiger partial charge in [-0.15, -0.1) is 0 Å². The van der Waals surface area contributed by atoms with Gasteiger partial charge in [0.15, 0.2) is 0 Å². The van der Waals surface area contributed by atoms with Crippen LogP contribution in [0.3, 0.4) is 0 Å². The summed E-state index contributed by atoms with van der Waals surface area (Å²) in [7, 11) is 1.37. The van der Waals surface area contributed by atoms with Gasteiger partial charge in [0.2, 0.25) is 5.91 Å². The molecule has 0 aromatic carbocycles. The molecule has 0 aliphatic heterocycles. The van der Waals surface area contributed by atoms with Crippen LogP contribution in [0.25, 0.3) is 0 Å². The summed E-state index contributed by atoms with van der Waals surface area (Å²) in [6.45, 7) is 14.7. The van der Waals surface area contributed by atoms with Crippen LogP contribution in [0.1, 0.15) is 98.8 Å². The number of hydrogen-bond donors (Lipinski definition) is 5. The molecule has 42 heavy (non-hydrogen) atoms. The molecule has 0 aromatic rings. The van der Waals surface area contributed by atoms with E-state index in [1.165, 1.54) is 52.1 Å². The number of rotatable bonds is 13. The van der Waals surface area contributed by atoms with Crippen LogP contribution in [0.2, 0.25) is 0 Å². The number of carbonyl (C=O) groups excluding carboxylic acids is 2. The Morgan fingerprint density at radius 1 is 0.976 bits per heavy atom. The fraction of sp³-hybridized carbons (Fsp3) is 0.941. The Kier molecular flexibility index (Phi) is 11.4. The van der Waals surface area contributed by atoms with Crippen molar-refractivity contribution in [2.75, 3.05) is 33.3 Å². The molecule has 0 radical (unpaired) electrons. The van der Waals surface area contributed by atoms with E-state index < -0.39 is 6.04 Å². The summed E-state index contributed by atoms with van der Waals surface area (Å²) in [5.74, 6) is 2.73. The summed E-state index contributed by atoms with van der Waals surface area (Å²) in [5.41, 5.74) is 6.15. The van der Waals surface area contributed by atoms with E-state index in [1.54, 1.807) is 0 Å². The van der Waals surface area contributed by atoms with Gasteiger partial charge in [-0.2, -0.15) is 0 Å².